The van der Waals surface area contributed by atoms with Crippen LogP contribution in [0.5, 0.6) is 0 Å². The van der Waals surface area contributed by atoms with Crippen molar-refractivity contribution in [3.05, 3.63) is 65.7 Å². The van der Waals surface area contributed by atoms with Gasteiger partial charge in [0, 0.05) is 11.2 Å². The van der Waals surface area contributed by atoms with Crippen LogP contribution in [0.1, 0.15) is 36.7 Å². The molecule has 5 heteroatoms. The maximum Gasteiger partial charge on any atom is 0.415 e. The SMILES string of the molecule is CC(C)(C)N(C(=O)OCc1ccccc1)c1ccc(C(=O)O)cc1. The molecule has 0 aliphatic carbocycles. The molecule has 24 heavy (non-hydrogen) atoms. The average Bonchev–Trinajstić information content (AvgIpc) is 2.53. The minimum atomic E-state index is -1.00. The van der Waals surface area contributed by atoms with Crippen LogP contribution in [0.15, 0.2) is 54.6 Å². The molecule has 1 amide bonds. The molecule has 0 aliphatic heterocycles. The number of carbonyl (C=O) groups is 2. The monoisotopic (exact) mass is 327 g/mol. The highest BCUT2D eigenvalue weighted by Crippen LogP contribution is 2.25. The number of carboxylic acids is 1. The molecule has 1 N–H and O–H groups in total. The molecule has 126 valence electrons. The summed E-state index contributed by atoms with van der Waals surface area (Å²) in [5.74, 6) is -1.00. The lowest BCUT2D eigenvalue weighted by Gasteiger charge is -2.34. The summed E-state index contributed by atoms with van der Waals surface area (Å²) < 4.78 is 5.42. The van der Waals surface area contributed by atoms with Gasteiger partial charge in [0.2, 0.25) is 0 Å². The fraction of sp³-hybridized carbons (Fsp3) is 0.263. The third-order valence-electron chi connectivity index (χ3n) is 3.43. The number of anilines is 1. The number of amides is 1. The van der Waals surface area contributed by atoms with Gasteiger partial charge in [-0.3, -0.25) is 4.90 Å². The fourth-order valence-electron chi connectivity index (χ4n) is 2.30. The molecule has 2 aromatic carbocycles. The Hall–Kier alpha value is -2.82. The molecule has 0 aliphatic rings. The Morgan fingerprint density at radius 2 is 1.58 bits per heavy atom. The number of aromatic carboxylic acids is 1. The highest BCUT2D eigenvalue weighted by Gasteiger charge is 2.29. The Bertz CT molecular complexity index is 702. The van der Waals surface area contributed by atoms with Crippen molar-refractivity contribution in [2.75, 3.05) is 4.90 Å². The van der Waals surface area contributed by atoms with Crippen molar-refractivity contribution >= 4 is 17.7 Å². The van der Waals surface area contributed by atoms with E-state index in [4.69, 9.17) is 9.84 Å². The predicted octanol–water partition coefficient (Wildman–Crippen LogP) is 4.33. The van der Waals surface area contributed by atoms with Crippen molar-refractivity contribution in [2.45, 2.75) is 32.9 Å². The van der Waals surface area contributed by atoms with E-state index < -0.39 is 17.6 Å². The lowest BCUT2D eigenvalue weighted by atomic mass is 10.0. The Balaban J connectivity index is 2.18. The summed E-state index contributed by atoms with van der Waals surface area (Å²) in [6, 6.07) is 15.6. The third kappa shape index (κ3) is 4.35. The van der Waals surface area contributed by atoms with Gasteiger partial charge in [-0.25, -0.2) is 9.59 Å². The van der Waals surface area contributed by atoms with E-state index >= 15 is 0 Å². The zero-order valence-electron chi connectivity index (χ0n) is 14.0. The number of carboxylic acid groups (broad SMARTS) is 1. The summed E-state index contributed by atoms with van der Waals surface area (Å²) >= 11 is 0. The number of nitrogens with zero attached hydrogens (tertiary/aromatic N) is 1. The molecule has 0 spiro atoms. The van der Waals surface area contributed by atoms with Crippen LogP contribution >= 0.6 is 0 Å². The molecule has 2 aromatic rings. The van der Waals surface area contributed by atoms with Gasteiger partial charge in [-0.1, -0.05) is 30.3 Å². The van der Waals surface area contributed by atoms with Gasteiger partial charge >= 0.3 is 12.1 Å². The van der Waals surface area contributed by atoms with E-state index in [0.717, 1.165) is 5.56 Å². The fourth-order valence-corrected chi connectivity index (χ4v) is 2.30. The lowest BCUT2D eigenvalue weighted by molar-refractivity contribution is 0.0697. The van der Waals surface area contributed by atoms with Gasteiger partial charge in [-0.2, -0.15) is 0 Å². The first-order valence-corrected chi connectivity index (χ1v) is 7.63. The van der Waals surface area contributed by atoms with Crippen LogP contribution < -0.4 is 4.90 Å². The highest BCUT2D eigenvalue weighted by atomic mass is 16.6. The van der Waals surface area contributed by atoms with Gasteiger partial charge in [0.25, 0.3) is 0 Å². The summed E-state index contributed by atoms with van der Waals surface area (Å²) in [6.45, 7) is 5.85. The van der Waals surface area contributed by atoms with E-state index in [1.54, 1.807) is 12.1 Å². The second kappa shape index (κ2) is 7.17. The zero-order valence-corrected chi connectivity index (χ0v) is 14.0. The summed E-state index contributed by atoms with van der Waals surface area (Å²) in [5, 5.41) is 8.99. The minimum Gasteiger partial charge on any atom is -0.478 e. The number of rotatable bonds is 4. The Kier molecular flexibility index (Phi) is 5.24. The molecule has 0 saturated heterocycles. The van der Waals surface area contributed by atoms with Gasteiger partial charge < -0.3 is 9.84 Å². The van der Waals surface area contributed by atoms with Crippen LogP contribution in [0.4, 0.5) is 10.5 Å². The molecule has 0 atom stereocenters. The molecule has 0 fully saturated rings. The number of carbonyl (C=O) groups excluding carboxylic acids is 1. The zero-order chi connectivity index (χ0) is 17.7. The molecule has 0 radical (unpaired) electrons. The summed E-state index contributed by atoms with van der Waals surface area (Å²) in [5.41, 5.74) is 1.15. The van der Waals surface area contributed by atoms with Crippen molar-refractivity contribution in [1.82, 2.24) is 0 Å². The normalized spacial score (nSPS) is 11.0. The molecular formula is C19H21NO4. The van der Waals surface area contributed by atoms with E-state index in [9.17, 15) is 9.59 Å². The van der Waals surface area contributed by atoms with Crippen molar-refractivity contribution < 1.29 is 19.4 Å². The molecule has 5 nitrogen and oxygen atoms in total. The molecule has 0 heterocycles. The highest BCUT2D eigenvalue weighted by molar-refractivity contribution is 5.91. The van der Waals surface area contributed by atoms with Gasteiger partial charge in [-0.15, -0.1) is 0 Å². The van der Waals surface area contributed by atoms with Gasteiger partial charge in [0.05, 0.1) is 5.56 Å². The number of ether oxygens (including phenoxy) is 1. The third-order valence-corrected chi connectivity index (χ3v) is 3.43. The summed E-state index contributed by atoms with van der Waals surface area (Å²) in [6.07, 6.45) is -0.477. The first-order valence-electron chi connectivity index (χ1n) is 7.63. The smallest absolute Gasteiger partial charge is 0.415 e. The largest absolute Gasteiger partial charge is 0.478 e. The van der Waals surface area contributed by atoms with E-state index in [1.165, 1.54) is 17.0 Å². The van der Waals surface area contributed by atoms with Gasteiger partial charge in [0.1, 0.15) is 6.61 Å². The number of benzene rings is 2. The van der Waals surface area contributed by atoms with E-state index in [0.29, 0.717) is 5.69 Å². The first-order chi connectivity index (χ1) is 11.3. The van der Waals surface area contributed by atoms with Crippen molar-refractivity contribution in [1.29, 1.82) is 0 Å². The molecule has 0 aromatic heterocycles. The maximum atomic E-state index is 12.6. The Labute approximate surface area is 141 Å². The molecule has 2 rings (SSSR count). The first kappa shape index (κ1) is 17.5. The van der Waals surface area contributed by atoms with Crippen LogP contribution in [0, 0.1) is 0 Å². The second-order valence-electron chi connectivity index (χ2n) is 6.40. The average molecular weight is 327 g/mol. The Morgan fingerprint density at radius 1 is 1.00 bits per heavy atom. The minimum absolute atomic E-state index is 0.172. The van der Waals surface area contributed by atoms with Crippen LogP contribution in [-0.4, -0.2) is 22.7 Å². The van der Waals surface area contributed by atoms with Crippen LogP contribution in [-0.2, 0) is 11.3 Å². The number of hydrogen-bond acceptors (Lipinski definition) is 3. The van der Waals surface area contributed by atoms with Crippen molar-refractivity contribution in [3.8, 4) is 0 Å². The quantitative estimate of drug-likeness (QED) is 0.908. The van der Waals surface area contributed by atoms with Crippen molar-refractivity contribution in [3.63, 3.8) is 0 Å². The standard InChI is InChI=1S/C19H21NO4/c1-19(2,3)20(16-11-9-15(10-12-16)17(21)22)18(23)24-13-14-7-5-4-6-8-14/h4-12H,13H2,1-3H3,(H,21,22). The molecule has 0 saturated carbocycles. The van der Waals surface area contributed by atoms with E-state index in [1.807, 2.05) is 51.1 Å². The van der Waals surface area contributed by atoms with Gasteiger partial charge in [-0.05, 0) is 50.6 Å². The van der Waals surface area contributed by atoms with E-state index in [2.05, 4.69) is 0 Å². The van der Waals surface area contributed by atoms with Gasteiger partial charge in [0.15, 0.2) is 0 Å². The Morgan fingerprint density at radius 3 is 2.08 bits per heavy atom. The number of hydrogen-bond donors (Lipinski definition) is 1. The molecule has 0 unspecified atom stereocenters. The maximum absolute atomic E-state index is 12.6. The summed E-state index contributed by atoms with van der Waals surface area (Å²) in [7, 11) is 0. The van der Waals surface area contributed by atoms with Crippen LogP contribution in [0.25, 0.3) is 0 Å². The molecule has 0 bridgehead atoms. The molecular weight excluding hydrogens is 306 g/mol. The summed E-state index contributed by atoms with van der Waals surface area (Å²) in [4.78, 5) is 25.1. The lowest BCUT2D eigenvalue weighted by Crippen LogP contribution is -2.46. The predicted molar refractivity (Wildman–Crippen MR) is 92.3 cm³/mol. The van der Waals surface area contributed by atoms with Crippen molar-refractivity contribution in [2.24, 2.45) is 0 Å². The van der Waals surface area contributed by atoms with Crippen LogP contribution in [0.3, 0.4) is 0 Å². The van der Waals surface area contributed by atoms with E-state index in [-0.39, 0.29) is 12.2 Å². The second-order valence-corrected chi connectivity index (χ2v) is 6.40. The topological polar surface area (TPSA) is 66.8 Å². The van der Waals surface area contributed by atoms with Crippen LogP contribution in [0.2, 0.25) is 0 Å².